The van der Waals surface area contributed by atoms with Gasteiger partial charge in [-0.05, 0) is 12.1 Å². The minimum atomic E-state index is -4.80. The number of aromatic nitrogens is 1. The van der Waals surface area contributed by atoms with Gasteiger partial charge in [-0.1, -0.05) is 18.2 Å². The van der Waals surface area contributed by atoms with Crippen LogP contribution in [0.3, 0.4) is 0 Å². The van der Waals surface area contributed by atoms with Crippen molar-refractivity contribution in [3.8, 4) is 0 Å². The van der Waals surface area contributed by atoms with Crippen LogP contribution in [0.1, 0.15) is 0 Å². The van der Waals surface area contributed by atoms with Crippen LogP contribution in [0.5, 0.6) is 0 Å². The predicted molar refractivity (Wildman–Crippen MR) is 81.2 cm³/mol. The molecule has 1 aliphatic rings. The van der Waals surface area contributed by atoms with Crippen LogP contribution < -0.4 is 0 Å². The Labute approximate surface area is 140 Å². The fraction of sp³-hybridized carbons (Fsp3) is 0.333. The first-order valence-electron chi connectivity index (χ1n) is 7.25. The molecule has 0 spiro atoms. The van der Waals surface area contributed by atoms with Gasteiger partial charge in [-0.25, -0.2) is 8.42 Å². The molecule has 134 valence electrons. The van der Waals surface area contributed by atoms with E-state index in [1.54, 1.807) is 24.3 Å². The lowest BCUT2D eigenvalue weighted by molar-refractivity contribution is -0.187. The van der Waals surface area contributed by atoms with Gasteiger partial charge in [0.05, 0.1) is 17.4 Å². The maximum absolute atomic E-state index is 13.0. The third-order valence-electron chi connectivity index (χ3n) is 4.23. The van der Waals surface area contributed by atoms with Crippen LogP contribution in [0, 0.1) is 11.8 Å². The minimum Gasteiger partial charge on any atom is -0.481 e. The number of fused-ring (bicyclic) bond motifs is 1. The molecule has 3 rings (SSSR count). The van der Waals surface area contributed by atoms with Crippen molar-refractivity contribution >= 4 is 26.9 Å². The van der Waals surface area contributed by atoms with E-state index in [4.69, 9.17) is 5.11 Å². The largest absolute Gasteiger partial charge is 0.481 e. The SMILES string of the molecule is O=C(O)[C@@H]1CN(S(=O)(=O)c2cnc3ccccc3c2)C[C@H]1C(F)(F)F. The van der Waals surface area contributed by atoms with Crippen molar-refractivity contribution in [2.75, 3.05) is 13.1 Å². The molecule has 1 N–H and O–H groups in total. The molecule has 0 unspecified atom stereocenters. The number of aliphatic carboxylic acids is 1. The van der Waals surface area contributed by atoms with Gasteiger partial charge in [0, 0.05) is 24.7 Å². The van der Waals surface area contributed by atoms with Crippen molar-refractivity contribution in [1.29, 1.82) is 0 Å². The molecule has 1 aromatic carbocycles. The molecule has 10 heteroatoms. The Morgan fingerprint density at radius 2 is 1.92 bits per heavy atom. The van der Waals surface area contributed by atoms with Gasteiger partial charge in [0.1, 0.15) is 4.90 Å². The number of pyridine rings is 1. The van der Waals surface area contributed by atoms with Crippen LogP contribution in [0.25, 0.3) is 10.9 Å². The molecular formula is C15H13F3N2O4S. The summed E-state index contributed by atoms with van der Waals surface area (Å²) < 4.78 is 65.0. The van der Waals surface area contributed by atoms with Gasteiger partial charge in [-0.3, -0.25) is 9.78 Å². The number of hydrogen-bond donors (Lipinski definition) is 1. The molecule has 1 aliphatic heterocycles. The van der Waals surface area contributed by atoms with E-state index < -0.39 is 47.1 Å². The maximum atomic E-state index is 13.0. The third kappa shape index (κ3) is 3.19. The highest BCUT2D eigenvalue weighted by Crippen LogP contribution is 2.39. The van der Waals surface area contributed by atoms with Crippen LogP contribution in [0.4, 0.5) is 13.2 Å². The van der Waals surface area contributed by atoms with Crippen LogP contribution in [0.2, 0.25) is 0 Å². The number of para-hydroxylation sites is 1. The fourth-order valence-corrected chi connectivity index (χ4v) is 4.36. The lowest BCUT2D eigenvalue weighted by Crippen LogP contribution is -2.34. The lowest BCUT2D eigenvalue weighted by Gasteiger charge is -2.18. The molecule has 6 nitrogen and oxygen atoms in total. The Hall–Kier alpha value is -2.20. The molecule has 0 radical (unpaired) electrons. The van der Waals surface area contributed by atoms with Gasteiger partial charge in [0.25, 0.3) is 0 Å². The molecule has 1 saturated heterocycles. The monoisotopic (exact) mass is 374 g/mol. The predicted octanol–water partition coefficient (Wildman–Crippen LogP) is 2.12. The lowest BCUT2D eigenvalue weighted by atomic mass is 9.96. The van der Waals surface area contributed by atoms with Crippen molar-refractivity contribution in [3.05, 3.63) is 36.5 Å². The summed E-state index contributed by atoms with van der Waals surface area (Å²) in [5.41, 5.74) is 0.541. The van der Waals surface area contributed by atoms with Crippen molar-refractivity contribution < 1.29 is 31.5 Å². The Morgan fingerprint density at radius 1 is 1.24 bits per heavy atom. The number of carbonyl (C=O) groups is 1. The smallest absolute Gasteiger partial charge is 0.393 e. The van der Waals surface area contributed by atoms with E-state index in [0.717, 1.165) is 6.20 Å². The van der Waals surface area contributed by atoms with E-state index in [1.807, 2.05) is 0 Å². The number of benzene rings is 1. The zero-order chi connectivity index (χ0) is 18.4. The Balaban J connectivity index is 1.97. The summed E-state index contributed by atoms with van der Waals surface area (Å²) in [6.45, 7) is -1.65. The Bertz CT molecular complexity index is 930. The average molecular weight is 374 g/mol. The number of alkyl halides is 3. The van der Waals surface area contributed by atoms with E-state index in [1.165, 1.54) is 6.07 Å². The van der Waals surface area contributed by atoms with Crippen molar-refractivity contribution in [2.45, 2.75) is 11.1 Å². The zero-order valence-corrected chi connectivity index (χ0v) is 13.5. The van der Waals surface area contributed by atoms with Crippen LogP contribution in [0.15, 0.2) is 41.4 Å². The summed E-state index contributed by atoms with van der Waals surface area (Å²) in [6, 6.07) is 8.01. The van der Waals surface area contributed by atoms with Crippen molar-refractivity contribution in [1.82, 2.24) is 9.29 Å². The first kappa shape index (κ1) is 17.6. The summed E-state index contributed by atoms with van der Waals surface area (Å²) in [5.74, 6) is -5.74. The topological polar surface area (TPSA) is 87.6 Å². The van der Waals surface area contributed by atoms with Crippen LogP contribution >= 0.6 is 0 Å². The van der Waals surface area contributed by atoms with Crippen molar-refractivity contribution in [3.63, 3.8) is 0 Å². The van der Waals surface area contributed by atoms with Gasteiger partial charge < -0.3 is 5.11 Å². The summed E-state index contributed by atoms with van der Waals surface area (Å²) in [7, 11) is -4.28. The molecule has 0 bridgehead atoms. The van der Waals surface area contributed by atoms with E-state index in [0.29, 0.717) is 15.2 Å². The molecule has 2 heterocycles. The highest BCUT2D eigenvalue weighted by Gasteiger charge is 2.55. The highest BCUT2D eigenvalue weighted by atomic mass is 32.2. The number of rotatable bonds is 3. The van der Waals surface area contributed by atoms with E-state index in [2.05, 4.69) is 4.98 Å². The second-order valence-corrected chi connectivity index (χ2v) is 7.72. The molecule has 0 amide bonds. The normalized spacial score (nSPS) is 22.4. The molecular weight excluding hydrogens is 361 g/mol. The Morgan fingerprint density at radius 3 is 2.52 bits per heavy atom. The van der Waals surface area contributed by atoms with Gasteiger partial charge >= 0.3 is 12.1 Å². The second kappa shape index (κ2) is 5.95. The summed E-state index contributed by atoms with van der Waals surface area (Å²) in [4.78, 5) is 14.8. The number of sulfonamides is 1. The maximum Gasteiger partial charge on any atom is 0.393 e. The average Bonchev–Trinajstić information content (AvgIpc) is 3.01. The van der Waals surface area contributed by atoms with E-state index in [-0.39, 0.29) is 4.90 Å². The zero-order valence-electron chi connectivity index (χ0n) is 12.6. The van der Waals surface area contributed by atoms with Crippen LogP contribution in [-0.4, -0.2) is 48.0 Å². The van der Waals surface area contributed by atoms with Gasteiger partial charge in [0.2, 0.25) is 10.0 Å². The summed E-state index contributed by atoms with van der Waals surface area (Å²) in [5, 5.41) is 9.53. The molecule has 2 atom stereocenters. The molecule has 25 heavy (non-hydrogen) atoms. The molecule has 2 aromatic rings. The number of nitrogens with zero attached hydrogens (tertiary/aromatic N) is 2. The minimum absolute atomic E-state index is 0.266. The first-order chi connectivity index (χ1) is 11.6. The van der Waals surface area contributed by atoms with E-state index >= 15 is 0 Å². The highest BCUT2D eigenvalue weighted by molar-refractivity contribution is 7.89. The number of carboxylic acid groups (broad SMARTS) is 1. The third-order valence-corrected chi connectivity index (χ3v) is 6.02. The summed E-state index contributed by atoms with van der Waals surface area (Å²) in [6.07, 6.45) is -3.73. The molecule has 0 saturated carbocycles. The quantitative estimate of drug-likeness (QED) is 0.889. The summed E-state index contributed by atoms with van der Waals surface area (Å²) >= 11 is 0. The Kier molecular flexibility index (Phi) is 4.20. The first-order valence-corrected chi connectivity index (χ1v) is 8.69. The number of halogens is 3. The van der Waals surface area contributed by atoms with Gasteiger partial charge in [0.15, 0.2) is 0 Å². The van der Waals surface area contributed by atoms with Gasteiger partial charge in [-0.15, -0.1) is 0 Å². The van der Waals surface area contributed by atoms with Crippen LogP contribution in [-0.2, 0) is 14.8 Å². The van der Waals surface area contributed by atoms with Gasteiger partial charge in [-0.2, -0.15) is 17.5 Å². The molecule has 1 fully saturated rings. The fourth-order valence-electron chi connectivity index (χ4n) is 2.89. The standard InChI is InChI=1S/C15H13F3N2O4S/c16-15(17,18)12-8-20(7-11(12)14(21)22)25(23,24)10-5-9-3-1-2-4-13(9)19-6-10/h1-6,11-12H,7-8H2,(H,21,22)/t11-,12-/m1/s1. The number of hydrogen-bond acceptors (Lipinski definition) is 4. The molecule has 0 aliphatic carbocycles. The van der Waals surface area contributed by atoms with E-state index in [9.17, 15) is 26.4 Å². The van der Waals surface area contributed by atoms with Crippen molar-refractivity contribution in [2.24, 2.45) is 11.8 Å². The molecule has 1 aromatic heterocycles. The number of carboxylic acids is 1. The second-order valence-electron chi connectivity index (χ2n) is 5.78.